The second-order valence-corrected chi connectivity index (χ2v) is 7.84. The molecule has 3 atom stereocenters. The second kappa shape index (κ2) is 9.34. The first kappa shape index (κ1) is 19.8. The first-order valence-electron chi connectivity index (χ1n) is 10.2. The lowest BCUT2D eigenvalue weighted by Gasteiger charge is -2.32. The zero-order valence-corrected chi connectivity index (χ0v) is 16.3. The Morgan fingerprint density at radius 1 is 1.19 bits per heavy atom. The molecule has 0 aliphatic heterocycles. The van der Waals surface area contributed by atoms with Crippen LogP contribution in [-0.2, 0) is 4.74 Å². The third kappa shape index (κ3) is 5.30. The summed E-state index contributed by atoms with van der Waals surface area (Å²) in [6, 6.07) is 2.63. The molecule has 7 heteroatoms. The number of nitrogens with one attached hydrogen (secondary N) is 2. The van der Waals surface area contributed by atoms with Crippen LogP contribution in [0, 0.1) is 17.2 Å². The zero-order valence-electron chi connectivity index (χ0n) is 16.3. The summed E-state index contributed by atoms with van der Waals surface area (Å²) in [7, 11) is 0. The van der Waals surface area contributed by atoms with E-state index in [0.717, 1.165) is 45.1 Å². The maximum atomic E-state index is 10.1. The third-order valence-electron chi connectivity index (χ3n) is 5.81. The molecule has 7 nitrogen and oxygen atoms in total. The highest BCUT2D eigenvalue weighted by molar-refractivity contribution is 5.54. The molecule has 1 aromatic heterocycles. The van der Waals surface area contributed by atoms with Crippen LogP contribution in [0.2, 0.25) is 0 Å². The molecule has 0 saturated heterocycles. The van der Waals surface area contributed by atoms with Gasteiger partial charge in [0.15, 0.2) is 0 Å². The first-order chi connectivity index (χ1) is 13.1. The normalized spacial score (nSPS) is 31.1. The molecule has 3 rings (SSSR count). The van der Waals surface area contributed by atoms with Crippen LogP contribution >= 0.6 is 0 Å². The van der Waals surface area contributed by atoms with Crippen molar-refractivity contribution in [3.63, 3.8) is 0 Å². The van der Waals surface area contributed by atoms with Crippen molar-refractivity contribution in [1.82, 2.24) is 9.97 Å². The van der Waals surface area contributed by atoms with Crippen LogP contribution < -0.4 is 10.6 Å². The van der Waals surface area contributed by atoms with Crippen molar-refractivity contribution in [3.05, 3.63) is 11.8 Å². The van der Waals surface area contributed by atoms with E-state index in [1.807, 2.05) is 6.92 Å². The Kier molecular flexibility index (Phi) is 6.86. The fraction of sp³-hybridized carbons (Fsp3) is 0.750. The maximum absolute atomic E-state index is 10.1. The molecule has 2 saturated carbocycles. The summed E-state index contributed by atoms with van der Waals surface area (Å²) in [5.41, 5.74) is 0.439. The molecular formula is C20H31N5O2. The van der Waals surface area contributed by atoms with Crippen molar-refractivity contribution in [2.75, 3.05) is 17.2 Å². The van der Waals surface area contributed by atoms with Crippen molar-refractivity contribution in [2.24, 2.45) is 5.92 Å². The molecule has 0 radical (unpaired) electrons. The van der Waals surface area contributed by atoms with Crippen LogP contribution in [0.3, 0.4) is 0 Å². The van der Waals surface area contributed by atoms with Gasteiger partial charge in [-0.15, -0.1) is 0 Å². The van der Waals surface area contributed by atoms with Crippen LogP contribution in [-0.4, -0.2) is 46.0 Å². The van der Waals surface area contributed by atoms with Gasteiger partial charge in [0.25, 0.3) is 0 Å². The number of rotatable bonds is 6. The van der Waals surface area contributed by atoms with Crippen LogP contribution in [0.15, 0.2) is 6.20 Å². The lowest BCUT2D eigenvalue weighted by molar-refractivity contribution is 0.0346. The fourth-order valence-corrected chi connectivity index (χ4v) is 4.06. The standard InChI is InChI=1S/C20H31N5O2/c1-3-27-17-8-6-15(7-9-17)24-20-22-12-14(11-21)19(25-20)23-16-5-4-13(2)18(26)10-16/h12-13,15-18,26H,3-10H2,1-2H3,(H2,22,23,24,25)/t13-,15?,16-,17?,18?/m1/s1. The summed E-state index contributed by atoms with van der Waals surface area (Å²) in [6.07, 6.45) is 8.42. The van der Waals surface area contributed by atoms with E-state index in [0.29, 0.717) is 41.8 Å². The van der Waals surface area contributed by atoms with E-state index in [4.69, 9.17) is 4.74 Å². The Bertz CT molecular complexity index is 654. The molecule has 148 valence electrons. The van der Waals surface area contributed by atoms with Gasteiger partial charge in [-0.25, -0.2) is 4.98 Å². The largest absolute Gasteiger partial charge is 0.393 e. The molecule has 27 heavy (non-hydrogen) atoms. The average Bonchev–Trinajstić information content (AvgIpc) is 2.67. The maximum Gasteiger partial charge on any atom is 0.224 e. The Morgan fingerprint density at radius 3 is 2.59 bits per heavy atom. The summed E-state index contributed by atoms with van der Waals surface area (Å²) in [5.74, 6) is 1.44. The Hall–Kier alpha value is -1.91. The molecule has 0 aromatic carbocycles. The fourth-order valence-electron chi connectivity index (χ4n) is 4.06. The zero-order chi connectivity index (χ0) is 19.2. The van der Waals surface area contributed by atoms with Gasteiger partial charge in [0.2, 0.25) is 5.95 Å². The molecule has 0 bridgehead atoms. The Balaban J connectivity index is 1.61. The highest BCUT2D eigenvalue weighted by atomic mass is 16.5. The SMILES string of the molecule is CCOC1CCC(Nc2ncc(C#N)c(N[C@@H]3CC[C@@H](C)C(O)C3)n2)CC1. The number of hydrogen-bond acceptors (Lipinski definition) is 7. The van der Waals surface area contributed by atoms with Crippen molar-refractivity contribution >= 4 is 11.8 Å². The van der Waals surface area contributed by atoms with Crippen LogP contribution in [0.1, 0.15) is 64.4 Å². The second-order valence-electron chi connectivity index (χ2n) is 7.84. The van der Waals surface area contributed by atoms with E-state index in [1.165, 1.54) is 0 Å². The Labute approximate surface area is 161 Å². The average molecular weight is 374 g/mol. The quantitative estimate of drug-likeness (QED) is 0.704. The van der Waals surface area contributed by atoms with Gasteiger partial charge >= 0.3 is 0 Å². The smallest absolute Gasteiger partial charge is 0.224 e. The number of anilines is 2. The number of aromatic nitrogens is 2. The topological polar surface area (TPSA) is 103 Å². The highest BCUT2D eigenvalue weighted by Crippen LogP contribution is 2.28. The van der Waals surface area contributed by atoms with Gasteiger partial charge in [-0.1, -0.05) is 6.92 Å². The Morgan fingerprint density at radius 2 is 1.93 bits per heavy atom. The van der Waals surface area contributed by atoms with E-state index in [-0.39, 0.29) is 12.1 Å². The van der Waals surface area contributed by atoms with Gasteiger partial charge < -0.3 is 20.5 Å². The third-order valence-corrected chi connectivity index (χ3v) is 5.81. The number of aliphatic hydroxyl groups excluding tert-OH is 1. The molecule has 0 spiro atoms. The predicted octanol–water partition coefficient (Wildman–Crippen LogP) is 3.07. The van der Waals surface area contributed by atoms with E-state index in [2.05, 4.69) is 33.6 Å². The van der Waals surface area contributed by atoms with Crippen LogP contribution in [0.5, 0.6) is 0 Å². The van der Waals surface area contributed by atoms with Crippen molar-refractivity contribution in [2.45, 2.75) is 83.1 Å². The molecule has 1 aromatic rings. The number of nitriles is 1. The molecule has 1 unspecified atom stereocenters. The summed E-state index contributed by atoms with van der Waals surface area (Å²) < 4.78 is 5.71. The highest BCUT2D eigenvalue weighted by Gasteiger charge is 2.27. The van der Waals surface area contributed by atoms with Gasteiger partial charge in [-0.2, -0.15) is 10.2 Å². The molecule has 3 N–H and O–H groups in total. The van der Waals surface area contributed by atoms with E-state index < -0.39 is 0 Å². The van der Waals surface area contributed by atoms with Gasteiger partial charge in [-0.05, 0) is 57.8 Å². The molecular weight excluding hydrogens is 342 g/mol. The van der Waals surface area contributed by atoms with Crippen molar-refractivity contribution < 1.29 is 9.84 Å². The van der Waals surface area contributed by atoms with Gasteiger partial charge in [-0.3, -0.25) is 0 Å². The monoisotopic (exact) mass is 373 g/mol. The lowest BCUT2D eigenvalue weighted by atomic mass is 9.85. The number of nitrogens with zero attached hydrogens (tertiary/aromatic N) is 3. The minimum Gasteiger partial charge on any atom is -0.393 e. The molecule has 1 heterocycles. The predicted molar refractivity (Wildman–Crippen MR) is 104 cm³/mol. The van der Waals surface area contributed by atoms with Gasteiger partial charge in [0.1, 0.15) is 17.5 Å². The minimum absolute atomic E-state index is 0.132. The van der Waals surface area contributed by atoms with E-state index in [9.17, 15) is 10.4 Å². The van der Waals surface area contributed by atoms with Gasteiger partial charge in [0.05, 0.1) is 18.4 Å². The van der Waals surface area contributed by atoms with Crippen molar-refractivity contribution in [1.29, 1.82) is 5.26 Å². The van der Waals surface area contributed by atoms with Crippen LogP contribution in [0.4, 0.5) is 11.8 Å². The molecule has 2 aliphatic carbocycles. The van der Waals surface area contributed by atoms with Crippen molar-refractivity contribution in [3.8, 4) is 6.07 Å². The number of hydrogen-bond donors (Lipinski definition) is 3. The molecule has 2 fully saturated rings. The first-order valence-corrected chi connectivity index (χ1v) is 10.2. The number of aliphatic hydroxyl groups is 1. The summed E-state index contributed by atoms with van der Waals surface area (Å²) in [4.78, 5) is 8.88. The number of ether oxygens (including phenoxy) is 1. The molecule has 2 aliphatic rings. The van der Waals surface area contributed by atoms with E-state index in [1.54, 1.807) is 6.20 Å². The lowest BCUT2D eigenvalue weighted by Crippen LogP contribution is -2.35. The van der Waals surface area contributed by atoms with Crippen LogP contribution in [0.25, 0.3) is 0 Å². The summed E-state index contributed by atoms with van der Waals surface area (Å²) >= 11 is 0. The summed E-state index contributed by atoms with van der Waals surface area (Å²) in [5, 5.41) is 26.3. The van der Waals surface area contributed by atoms with Gasteiger partial charge in [0, 0.05) is 18.7 Å². The van der Waals surface area contributed by atoms with E-state index >= 15 is 0 Å². The minimum atomic E-state index is -0.304. The molecule has 0 amide bonds. The summed E-state index contributed by atoms with van der Waals surface area (Å²) in [6.45, 7) is 4.88.